The summed E-state index contributed by atoms with van der Waals surface area (Å²) in [6.45, 7) is 9.66. The van der Waals surface area contributed by atoms with Gasteiger partial charge in [0.25, 0.3) is 0 Å². The highest BCUT2D eigenvalue weighted by molar-refractivity contribution is 5.79. The maximum atomic E-state index is 5.73. The van der Waals surface area contributed by atoms with Crippen molar-refractivity contribution in [1.29, 1.82) is 0 Å². The van der Waals surface area contributed by atoms with E-state index < -0.39 is 0 Å². The van der Waals surface area contributed by atoms with Crippen molar-refractivity contribution in [2.75, 3.05) is 46.4 Å². The molecule has 0 bridgehead atoms. The summed E-state index contributed by atoms with van der Waals surface area (Å²) in [7, 11) is 1.82. The molecule has 32 heavy (non-hydrogen) atoms. The molecular weight excluding hydrogens is 402 g/mol. The summed E-state index contributed by atoms with van der Waals surface area (Å²) in [5.74, 6) is 1.83. The Morgan fingerprint density at radius 3 is 2.72 bits per heavy atom. The molecule has 174 valence electrons. The van der Waals surface area contributed by atoms with E-state index in [1.807, 2.05) is 13.1 Å². The minimum atomic E-state index is 0.227. The number of ether oxygens (including phenoxy) is 1. The molecule has 2 aliphatic rings. The molecule has 0 saturated carbocycles. The Morgan fingerprint density at radius 2 is 1.97 bits per heavy atom. The van der Waals surface area contributed by atoms with Gasteiger partial charge in [-0.1, -0.05) is 24.3 Å². The van der Waals surface area contributed by atoms with Crippen molar-refractivity contribution in [2.45, 2.75) is 45.0 Å². The summed E-state index contributed by atoms with van der Waals surface area (Å²) in [5, 5.41) is 6.98. The molecule has 2 fully saturated rings. The lowest BCUT2D eigenvalue weighted by atomic mass is 10.1. The van der Waals surface area contributed by atoms with Gasteiger partial charge in [0.15, 0.2) is 5.96 Å². The molecule has 0 spiro atoms. The summed E-state index contributed by atoms with van der Waals surface area (Å²) in [4.78, 5) is 9.39. The van der Waals surface area contributed by atoms with Crippen LogP contribution in [0, 0.1) is 0 Å². The predicted molar refractivity (Wildman–Crippen MR) is 128 cm³/mol. The fourth-order valence-corrected chi connectivity index (χ4v) is 4.67. The largest absolute Gasteiger partial charge is 0.468 e. The molecule has 1 aromatic carbocycles. The van der Waals surface area contributed by atoms with Crippen LogP contribution in [0.4, 0.5) is 0 Å². The number of aliphatic imine (C=N–C) groups is 1. The van der Waals surface area contributed by atoms with E-state index in [0.29, 0.717) is 6.10 Å². The molecule has 0 radical (unpaired) electrons. The third-order valence-electron chi connectivity index (χ3n) is 6.32. The Bertz CT molecular complexity index is 848. The Balaban J connectivity index is 1.29. The first-order valence-electron chi connectivity index (χ1n) is 11.8. The van der Waals surface area contributed by atoms with E-state index in [0.717, 1.165) is 64.1 Å². The summed E-state index contributed by atoms with van der Waals surface area (Å²) in [6, 6.07) is 13.1. The average molecular weight is 440 g/mol. The molecule has 3 heterocycles. The van der Waals surface area contributed by atoms with Gasteiger partial charge in [-0.25, -0.2) is 0 Å². The van der Waals surface area contributed by atoms with Gasteiger partial charge in [-0.15, -0.1) is 0 Å². The number of rotatable bonds is 8. The van der Waals surface area contributed by atoms with Gasteiger partial charge in [0.2, 0.25) is 0 Å². The number of guanidine groups is 1. The van der Waals surface area contributed by atoms with Crippen molar-refractivity contribution in [1.82, 2.24) is 20.4 Å². The van der Waals surface area contributed by atoms with Crippen molar-refractivity contribution in [3.63, 3.8) is 0 Å². The average Bonchev–Trinajstić information content (AvgIpc) is 3.51. The Labute approximate surface area is 191 Å². The molecule has 7 heteroatoms. The molecule has 2 atom stereocenters. The lowest BCUT2D eigenvalue weighted by molar-refractivity contribution is -0.0212. The van der Waals surface area contributed by atoms with E-state index in [4.69, 9.17) is 9.15 Å². The zero-order chi connectivity index (χ0) is 22.2. The molecule has 1 aromatic heterocycles. The van der Waals surface area contributed by atoms with Crippen molar-refractivity contribution in [3.05, 3.63) is 59.5 Å². The van der Waals surface area contributed by atoms with E-state index in [9.17, 15) is 0 Å². The molecule has 2 aliphatic heterocycles. The van der Waals surface area contributed by atoms with Crippen LogP contribution in [0.1, 0.15) is 42.7 Å². The first-order valence-corrected chi connectivity index (χ1v) is 11.8. The SMILES string of the molecule is CN=C(NCc1cccc(CN2CCOC(C)C2)c1)NCC(c1ccco1)N1CCCC1. The van der Waals surface area contributed by atoms with E-state index in [1.54, 1.807) is 6.26 Å². The highest BCUT2D eigenvalue weighted by Gasteiger charge is 2.25. The number of furan rings is 1. The second-order valence-electron chi connectivity index (χ2n) is 8.82. The number of nitrogens with zero attached hydrogens (tertiary/aromatic N) is 3. The highest BCUT2D eigenvalue weighted by Crippen LogP contribution is 2.24. The lowest BCUT2D eigenvalue weighted by Gasteiger charge is -2.31. The van der Waals surface area contributed by atoms with Gasteiger partial charge in [-0.05, 0) is 56.1 Å². The second kappa shape index (κ2) is 11.5. The molecule has 2 aromatic rings. The monoisotopic (exact) mass is 439 g/mol. The van der Waals surface area contributed by atoms with E-state index >= 15 is 0 Å². The van der Waals surface area contributed by atoms with Gasteiger partial charge in [0.05, 0.1) is 25.0 Å². The highest BCUT2D eigenvalue weighted by atomic mass is 16.5. The number of morpholine rings is 1. The molecule has 0 amide bonds. The van der Waals surface area contributed by atoms with Gasteiger partial charge in [-0.2, -0.15) is 0 Å². The molecule has 0 aliphatic carbocycles. The number of benzene rings is 1. The van der Waals surface area contributed by atoms with Crippen LogP contribution in [0.3, 0.4) is 0 Å². The zero-order valence-electron chi connectivity index (χ0n) is 19.4. The first-order chi connectivity index (χ1) is 15.7. The number of nitrogens with one attached hydrogen (secondary N) is 2. The molecule has 7 nitrogen and oxygen atoms in total. The van der Waals surface area contributed by atoms with Gasteiger partial charge >= 0.3 is 0 Å². The van der Waals surface area contributed by atoms with Crippen molar-refractivity contribution < 1.29 is 9.15 Å². The summed E-state index contributed by atoms with van der Waals surface area (Å²) < 4.78 is 11.4. The van der Waals surface area contributed by atoms with Crippen LogP contribution in [-0.4, -0.2) is 68.2 Å². The van der Waals surface area contributed by atoms with Crippen LogP contribution in [0.25, 0.3) is 0 Å². The van der Waals surface area contributed by atoms with Crippen LogP contribution in [-0.2, 0) is 17.8 Å². The standard InChI is InChI=1S/C25H37N5O2/c1-20-18-29(12-14-31-20)19-22-8-5-7-21(15-22)16-27-25(26-2)28-17-23(24-9-6-13-32-24)30-10-3-4-11-30/h5-9,13,15,20,23H,3-4,10-12,14,16-19H2,1-2H3,(H2,26,27,28). The third-order valence-corrected chi connectivity index (χ3v) is 6.32. The third kappa shape index (κ3) is 6.34. The van der Waals surface area contributed by atoms with Crippen molar-refractivity contribution >= 4 is 5.96 Å². The van der Waals surface area contributed by atoms with Gasteiger partial charge < -0.3 is 19.8 Å². The van der Waals surface area contributed by atoms with Crippen LogP contribution < -0.4 is 10.6 Å². The Morgan fingerprint density at radius 1 is 1.12 bits per heavy atom. The first kappa shape index (κ1) is 22.8. The van der Waals surface area contributed by atoms with E-state index in [1.165, 1.54) is 24.0 Å². The van der Waals surface area contributed by atoms with Crippen LogP contribution in [0.15, 0.2) is 52.1 Å². The van der Waals surface area contributed by atoms with Crippen LogP contribution in [0.5, 0.6) is 0 Å². The minimum absolute atomic E-state index is 0.227. The predicted octanol–water partition coefficient (Wildman–Crippen LogP) is 3.00. The second-order valence-corrected chi connectivity index (χ2v) is 8.82. The lowest BCUT2D eigenvalue weighted by Crippen LogP contribution is -2.42. The van der Waals surface area contributed by atoms with E-state index in [-0.39, 0.29) is 6.04 Å². The van der Waals surface area contributed by atoms with Crippen molar-refractivity contribution in [3.8, 4) is 0 Å². The zero-order valence-corrected chi connectivity index (χ0v) is 19.4. The normalized spacial score (nSPS) is 21.6. The minimum Gasteiger partial charge on any atom is -0.468 e. The topological polar surface area (TPSA) is 65.3 Å². The quantitative estimate of drug-likeness (QED) is 0.487. The number of hydrogen-bond donors (Lipinski definition) is 2. The fourth-order valence-electron chi connectivity index (χ4n) is 4.67. The maximum Gasteiger partial charge on any atom is 0.191 e. The Hall–Kier alpha value is -2.35. The molecule has 2 unspecified atom stereocenters. The van der Waals surface area contributed by atoms with Gasteiger partial charge in [0, 0.05) is 39.8 Å². The van der Waals surface area contributed by atoms with Crippen molar-refractivity contribution in [2.24, 2.45) is 4.99 Å². The van der Waals surface area contributed by atoms with Crippen LogP contribution >= 0.6 is 0 Å². The summed E-state index contributed by atoms with van der Waals surface area (Å²) in [5.41, 5.74) is 2.60. The Kier molecular flexibility index (Phi) is 8.20. The van der Waals surface area contributed by atoms with Gasteiger partial charge in [0.1, 0.15) is 5.76 Å². The smallest absolute Gasteiger partial charge is 0.191 e. The number of hydrogen-bond acceptors (Lipinski definition) is 5. The van der Waals surface area contributed by atoms with Crippen LogP contribution in [0.2, 0.25) is 0 Å². The summed E-state index contributed by atoms with van der Waals surface area (Å²) >= 11 is 0. The summed E-state index contributed by atoms with van der Waals surface area (Å²) in [6.07, 6.45) is 4.58. The molecular formula is C25H37N5O2. The van der Waals surface area contributed by atoms with Gasteiger partial charge in [-0.3, -0.25) is 14.8 Å². The number of likely N-dealkylation sites (tertiary alicyclic amines) is 1. The van der Waals surface area contributed by atoms with E-state index in [2.05, 4.69) is 62.7 Å². The molecule has 2 saturated heterocycles. The molecule has 4 rings (SSSR count). The molecule has 2 N–H and O–H groups in total. The maximum absolute atomic E-state index is 5.73. The fraction of sp³-hybridized carbons (Fsp3) is 0.560.